The fraction of sp³-hybridized carbons (Fsp3) is 0.0714. The zero-order valence-corrected chi connectivity index (χ0v) is 13.2. The number of carbonyl (C=O) groups is 2. The van der Waals surface area contributed by atoms with Crippen LogP contribution in [0.15, 0.2) is 46.2 Å². The highest BCUT2D eigenvalue weighted by molar-refractivity contribution is 9.10. The zero-order valence-electron chi connectivity index (χ0n) is 11.6. The minimum Gasteiger partial charge on any atom is -0.399 e. The summed E-state index contributed by atoms with van der Waals surface area (Å²) in [6, 6.07) is 8.25. The van der Waals surface area contributed by atoms with E-state index in [2.05, 4.69) is 41.8 Å². The van der Waals surface area contributed by atoms with Gasteiger partial charge in [0, 0.05) is 16.2 Å². The van der Waals surface area contributed by atoms with Crippen LogP contribution in [-0.2, 0) is 4.84 Å². The molecule has 8 heteroatoms. The Morgan fingerprint density at radius 2 is 1.91 bits per heavy atom. The second-order valence-corrected chi connectivity index (χ2v) is 5.09. The van der Waals surface area contributed by atoms with Gasteiger partial charge >= 0.3 is 0 Å². The molecule has 2 amide bonds. The van der Waals surface area contributed by atoms with Crippen molar-refractivity contribution < 1.29 is 14.4 Å². The van der Waals surface area contributed by atoms with Gasteiger partial charge in [-0.2, -0.15) is 0 Å². The highest BCUT2D eigenvalue weighted by Gasteiger charge is 2.10. The van der Waals surface area contributed by atoms with Crippen molar-refractivity contribution in [2.75, 3.05) is 7.11 Å². The van der Waals surface area contributed by atoms with Crippen LogP contribution in [-0.4, -0.2) is 30.1 Å². The van der Waals surface area contributed by atoms with Crippen LogP contribution in [0.25, 0.3) is 0 Å². The normalized spacial score (nSPS) is 10.5. The Kier molecular flexibility index (Phi) is 5.31. The van der Waals surface area contributed by atoms with Crippen LogP contribution < -0.4 is 10.9 Å². The van der Waals surface area contributed by atoms with Gasteiger partial charge in [-0.05, 0) is 39.7 Å². The van der Waals surface area contributed by atoms with Crippen LogP contribution in [0.1, 0.15) is 26.4 Å². The number of H-pyrrole nitrogens is 1. The number of amides is 2. The topological polar surface area (TPSA) is 95.6 Å². The smallest absolute Gasteiger partial charge is 0.286 e. The van der Waals surface area contributed by atoms with E-state index in [9.17, 15) is 9.59 Å². The molecule has 0 aliphatic carbocycles. The molecule has 0 radical (unpaired) electrons. The van der Waals surface area contributed by atoms with E-state index in [0.29, 0.717) is 11.3 Å². The summed E-state index contributed by atoms with van der Waals surface area (Å²) >= 11 is 3.22. The number of aromatic nitrogens is 1. The predicted octanol–water partition coefficient (Wildman–Crippen LogP) is 1.83. The molecule has 1 aromatic carbocycles. The minimum absolute atomic E-state index is 0.332. The van der Waals surface area contributed by atoms with Gasteiger partial charge < -0.3 is 9.82 Å². The Balaban J connectivity index is 1.92. The summed E-state index contributed by atoms with van der Waals surface area (Å²) in [4.78, 5) is 31.0. The lowest BCUT2D eigenvalue weighted by Gasteiger charge is -2.06. The molecule has 3 N–H and O–H groups in total. The first-order valence-electron chi connectivity index (χ1n) is 6.21. The van der Waals surface area contributed by atoms with Gasteiger partial charge in [0.05, 0.1) is 6.21 Å². The quantitative estimate of drug-likeness (QED) is 0.570. The molecule has 0 spiro atoms. The number of carbonyl (C=O) groups excluding carboxylic acids is 2. The summed E-state index contributed by atoms with van der Waals surface area (Å²) in [6.45, 7) is 0. The van der Waals surface area contributed by atoms with E-state index >= 15 is 0 Å². The monoisotopic (exact) mass is 364 g/mol. The number of benzene rings is 1. The number of nitrogens with one attached hydrogen (secondary N) is 3. The number of halogens is 1. The van der Waals surface area contributed by atoms with E-state index < -0.39 is 11.8 Å². The van der Waals surface area contributed by atoms with Gasteiger partial charge in [-0.15, -0.1) is 0 Å². The van der Waals surface area contributed by atoms with Crippen molar-refractivity contribution in [2.45, 2.75) is 0 Å². The molecular weight excluding hydrogens is 352 g/mol. The molecule has 2 rings (SSSR count). The maximum Gasteiger partial charge on any atom is 0.286 e. The van der Waals surface area contributed by atoms with Crippen molar-refractivity contribution in [3.63, 3.8) is 0 Å². The Hall–Kier alpha value is -2.61. The summed E-state index contributed by atoms with van der Waals surface area (Å²) in [5.74, 6) is -0.864. The molecule has 0 fully saturated rings. The Labute approximate surface area is 134 Å². The third-order valence-electron chi connectivity index (χ3n) is 2.66. The molecule has 1 heterocycles. The van der Waals surface area contributed by atoms with Crippen LogP contribution in [0.4, 0.5) is 0 Å². The first kappa shape index (κ1) is 15.8. The lowest BCUT2D eigenvalue weighted by Crippen LogP contribution is -2.41. The van der Waals surface area contributed by atoms with Crippen LogP contribution in [0.2, 0.25) is 0 Å². The van der Waals surface area contributed by atoms with E-state index in [-0.39, 0.29) is 0 Å². The van der Waals surface area contributed by atoms with Gasteiger partial charge in [0.25, 0.3) is 11.8 Å². The Bertz CT molecular complexity index is 694. The molecule has 22 heavy (non-hydrogen) atoms. The lowest BCUT2D eigenvalue weighted by atomic mass is 10.1. The van der Waals surface area contributed by atoms with Crippen molar-refractivity contribution in [3.8, 4) is 0 Å². The van der Waals surface area contributed by atoms with Gasteiger partial charge in [-0.1, -0.05) is 17.3 Å². The summed E-state index contributed by atoms with van der Waals surface area (Å²) in [6.07, 6.45) is 3.14. The Morgan fingerprint density at radius 3 is 2.50 bits per heavy atom. The maximum atomic E-state index is 11.9. The van der Waals surface area contributed by atoms with Crippen LogP contribution >= 0.6 is 15.9 Å². The van der Waals surface area contributed by atoms with E-state index in [1.807, 2.05) is 0 Å². The van der Waals surface area contributed by atoms with Crippen molar-refractivity contribution in [1.82, 2.24) is 15.8 Å². The van der Waals surface area contributed by atoms with Crippen LogP contribution in [0.5, 0.6) is 0 Å². The molecule has 1 aromatic heterocycles. The number of nitrogens with zero attached hydrogens (tertiary/aromatic N) is 1. The number of rotatable bonds is 4. The number of hydrogen-bond donors (Lipinski definition) is 3. The molecular formula is C14H13BrN4O3. The summed E-state index contributed by atoms with van der Waals surface area (Å²) < 4.78 is 0.747. The third kappa shape index (κ3) is 4.19. The predicted molar refractivity (Wildman–Crippen MR) is 84.5 cm³/mol. The molecule has 0 bridgehead atoms. The highest BCUT2D eigenvalue weighted by Crippen LogP contribution is 2.10. The van der Waals surface area contributed by atoms with Gasteiger partial charge in [0.15, 0.2) is 0 Å². The molecule has 0 saturated heterocycles. The highest BCUT2D eigenvalue weighted by atomic mass is 79.9. The van der Waals surface area contributed by atoms with E-state index in [0.717, 1.165) is 10.0 Å². The number of hydrazine groups is 1. The SMILES string of the molecule is CO/N=C/c1ccc(C(=O)NNC(=O)c2cc(Br)c[nH]2)cc1. The third-order valence-corrected chi connectivity index (χ3v) is 3.12. The average Bonchev–Trinajstić information content (AvgIpc) is 2.97. The minimum atomic E-state index is -0.442. The van der Waals surface area contributed by atoms with Crippen LogP contribution in [0, 0.1) is 0 Å². The first-order valence-corrected chi connectivity index (χ1v) is 7.00. The van der Waals surface area contributed by atoms with Crippen molar-refractivity contribution in [2.24, 2.45) is 5.16 Å². The van der Waals surface area contributed by atoms with Gasteiger partial charge in [-0.25, -0.2) is 0 Å². The van der Waals surface area contributed by atoms with Crippen molar-refractivity contribution in [3.05, 3.63) is 57.8 Å². The molecule has 114 valence electrons. The fourth-order valence-electron chi connectivity index (χ4n) is 1.59. The van der Waals surface area contributed by atoms with Crippen molar-refractivity contribution in [1.29, 1.82) is 0 Å². The molecule has 0 aliphatic rings. The molecule has 0 atom stereocenters. The zero-order chi connectivity index (χ0) is 15.9. The molecule has 7 nitrogen and oxygen atoms in total. The van der Waals surface area contributed by atoms with E-state index in [1.54, 1.807) is 36.5 Å². The first-order chi connectivity index (χ1) is 10.6. The number of hydrogen-bond acceptors (Lipinski definition) is 4. The van der Waals surface area contributed by atoms with E-state index in [1.165, 1.54) is 13.3 Å². The second kappa shape index (κ2) is 7.41. The van der Waals surface area contributed by atoms with Crippen molar-refractivity contribution >= 4 is 34.0 Å². The van der Waals surface area contributed by atoms with Gasteiger partial charge in [0.2, 0.25) is 0 Å². The van der Waals surface area contributed by atoms with Gasteiger partial charge in [0.1, 0.15) is 12.8 Å². The Morgan fingerprint density at radius 1 is 1.23 bits per heavy atom. The number of aromatic amines is 1. The maximum absolute atomic E-state index is 11.9. The standard InChI is InChI=1S/C14H13BrN4O3/c1-22-17-7-9-2-4-10(5-3-9)13(20)18-19-14(21)12-6-11(15)8-16-12/h2-8,16H,1H3,(H,18,20)(H,19,21)/b17-7+. The summed E-state index contributed by atoms with van der Waals surface area (Å²) in [5, 5.41) is 3.62. The summed E-state index contributed by atoms with van der Waals surface area (Å²) in [5.41, 5.74) is 6.19. The second-order valence-electron chi connectivity index (χ2n) is 4.18. The number of oxime groups is 1. The summed E-state index contributed by atoms with van der Waals surface area (Å²) in [7, 11) is 1.45. The fourth-order valence-corrected chi connectivity index (χ4v) is 1.93. The van der Waals surface area contributed by atoms with E-state index in [4.69, 9.17) is 0 Å². The molecule has 0 saturated carbocycles. The average molecular weight is 365 g/mol. The molecule has 0 aliphatic heterocycles. The largest absolute Gasteiger partial charge is 0.399 e. The lowest BCUT2D eigenvalue weighted by molar-refractivity contribution is 0.0844. The van der Waals surface area contributed by atoms with Gasteiger partial charge in [-0.3, -0.25) is 20.4 Å². The van der Waals surface area contributed by atoms with Crippen LogP contribution in [0.3, 0.4) is 0 Å². The molecule has 2 aromatic rings. The molecule has 0 unspecified atom stereocenters.